The second kappa shape index (κ2) is 8.50. The quantitative estimate of drug-likeness (QED) is 0.498. The molecule has 0 spiro atoms. The Labute approximate surface area is 188 Å². The van der Waals surface area contributed by atoms with Crippen molar-refractivity contribution >= 4 is 16.8 Å². The van der Waals surface area contributed by atoms with E-state index in [-0.39, 0.29) is 24.7 Å². The molecule has 0 atom stereocenters. The summed E-state index contributed by atoms with van der Waals surface area (Å²) in [6.45, 7) is 0.194. The molecule has 0 radical (unpaired) electrons. The third-order valence-electron chi connectivity index (χ3n) is 5.81. The van der Waals surface area contributed by atoms with Crippen molar-refractivity contribution < 1.29 is 9.18 Å². The van der Waals surface area contributed by atoms with Crippen LogP contribution >= 0.6 is 0 Å². The summed E-state index contributed by atoms with van der Waals surface area (Å²) in [4.78, 5) is 38.7. The van der Waals surface area contributed by atoms with Crippen LogP contribution in [0.3, 0.4) is 0 Å². The Hall–Kier alpha value is -4.00. The molecule has 1 amide bonds. The fourth-order valence-corrected chi connectivity index (χ4v) is 3.93. The molecule has 0 aliphatic heterocycles. The van der Waals surface area contributed by atoms with Gasteiger partial charge in [-0.15, -0.1) is 0 Å². The molecule has 1 aliphatic carbocycles. The molecule has 5 rings (SSSR count). The summed E-state index contributed by atoms with van der Waals surface area (Å²) in [6.07, 6.45) is 2.30. The lowest BCUT2D eigenvalue weighted by Crippen LogP contribution is -2.39. The Morgan fingerprint density at radius 3 is 2.27 bits per heavy atom. The first-order valence-electron chi connectivity index (χ1n) is 10.9. The van der Waals surface area contributed by atoms with Crippen LogP contribution < -0.4 is 16.6 Å². The van der Waals surface area contributed by atoms with Crippen LogP contribution in [0.4, 0.5) is 4.39 Å². The van der Waals surface area contributed by atoms with E-state index < -0.39 is 11.2 Å². The molecular weight excluding hydrogens is 421 g/mol. The fourth-order valence-electron chi connectivity index (χ4n) is 3.93. The van der Waals surface area contributed by atoms with Gasteiger partial charge >= 0.3 is 5.69 Å². The summed E-state index contributed by atoms with van der Waals surface area (Å²) < 4.78 is 16.0. The van der Waals surface area contributed by atoms with Crippen LogP contribution in [-0.2, 0) is 17.8 Å². The van der Waals surface area contributed by atoms with Crippen LogP contribution in [0.5, 0.6) is 0 Å². The Morgan fingerprint density at radius 1 is 0.909 bits per heavy atom. The summed E-state index contributed by atoms with van der Waals surface area (Å²) >= 11 is 0. The van der Waals surface area contributed by atoms with Gasteiger partial charge in [0.15, 0.2) is 0 Å². The van der Waals surface area contributed by atoms with E-state index in [0.717, 1.165) is 28.5 Å². The van der Waals surface area contributed by atoms with Gasteiger partial charge < -0.3 is 5.32 Å². The first kappa shape index (κ1) is 20.9. The monoisotopic (exact) mass is 443 g/mol. The van der Waals surface area contributed by atoms with Gasteiger partial charge in [-0.2, -0.15) is 0 Å². The minimum atomic E-state index is -0.484. The molecule has 7 heteroatoms. The minimum Gasteiger partial charge on any atom is -0.353 e. The molecule has 6 nitrogen and oxygen atoms in total. The summed E-state index contributed by atoms with van der Waals surface area (Å²) in [7, 11) is 0. The van der Waals surface area contributed by atoms with Gasteiger partial charge in [-0.1, -0.05) is 36.4 Å². The van der Waals surface area contributed by atoms with E-state index in [0.29, 0.717) is 22.6 Å². The first-order valence-corrected chi connectivity index (χ1v) is 10.9. The predicted molar refractivity (Wildman–Crippen MR) is 124 cm³/mol. The smallest absolute Gasteiger partial charge is 0.336 e. The Kier molecular flexibility index (Phi) is 5.38. The summed E-state index contributed by atoms with van der Waals surface area (Å²) in [5.41, 5.74) is 1.59. The van der Waals surface area contributed by atoms with E-state index in [4.69, 9.17) is 0 Å². The number of aromatic nitrogens is 2. The van der Waals surface area contributed by atoms with E-state index in [1.807, 2.05) is 0 Å². The van der Waals surface area contributed by atoms with Crippen molar-refractivity contribution in [2.75, 3.05) is 0 Å². The Balaban J connectivity index is 1.55. The molecular formula is C26H22FN3O3. The van der Waals surface area contributed by atoms with E-state index in [1.54, 1.807) is 60.7 Å². The average molecular weight is 443 g/mol. The number of carbonyl (C=O) groups excluding carboxylic acids is 1. The normalized spacial score (nSPS) is 13.2. The number of carbonyl (C=O) groups is 1. The predicted octanol–water partition coefficient (Wildman–Crippen LogP) is 3.16. The number of hydrogen-bond acceptors (Lipinski definition) is 3. The van der Waals surface area contributed by atoms with E-state index in [2.05, 4.69) is 5.32 Å². The highest BCUT2D eigenvalue weighted by atomic mass is 19.1. The molecule has 0 saturated heterocycles. The number of para-hydroxylation sites is 1. The summed E-state index contributed by atoms with van der Waals surface area (Å²) in [5.74, 6) is -0.387. The molecule has 0 unspecified atom stereocenters. The Morgan fingerprint density at radius 2 is 1.58 bits per heavy atom. The second-order valence-electron chi connectivity index (χ2n) is 8.34. The van der Waals surface area contributed by atoms with Crippen LogP contribution in [0, 0.1) is 5.82 Å². The number of rotatable bonds is 6. The van der Waals surface area contributed by atoms with Gasteiger partial charge in [0.25, 0.3) is 5.56 Å². The molecule has 33 heavy (non-hydrogen) atoms. The number of nitrogens with zero attached hydrogens (tertiary/aromatic N) is 2. The van der Waals surface area contributed by atoms with E-state index in [1.165, 1.54) is 16.7 Å². The molecule has 1 saturated carbocycles. The van der Waals surface area contributed by atoms with Crippen molar-refractivity contribution in [2.45, 2.75) is 31.8 Å². The van der Waals surface area contributed by atoms with Gasteiger partial charge in [-0.05, 0) is 60.4 Å². The van der Waals surface area contributed by atoms with Gasteiger partial charge in [0.2, 0.25) is 5.91 Å². The molecule has 1 fully saturated rings. The molecule has 166 valence electrons. The van der Waals surface area contributed by atoms with Gasteiger partial charge in [0.05, 0.1) is 29.6 Å². The van der Waals surface area contributed by atoms with E-state index >= 15 is 0 Å². The van der Waals surface area contributed by atoms with Crippen LogP contribution in [-0.4, -0.2) is 21.1 Å². The lowest BCUT2D eigenvalue weighted by molar-refractivity contribution is -0.120. The second-order valence-corrected chi connectivity index (χ2v) is 8.34. The van der Waals surface area contributed by atoms with Crippen LogP contribution in [0.2, 0.25) is 0 Å². The zero-order valence-corrected chi connectivity index (χ0v) is 17.8. The van der Waals surface area contributed by atoms with Gasteiger partial charge in [0.1, 0.15) is 5.82 Å². The number of hydrogen-bond donors (Lipinski definition) is 1. The van der Waals surface area contributed by atoms with Gasteiger partial charge in [-0.25, -0.2) is 13.8 Å². The third kappa shape index (κ3) is 4.35. The van der Waals surface area contributed by atoms with Crippen molar-refractivity contribution in [3.63, 3.8) is 0 Å². The Bertz CT molecular complexity index is 1450. The molecule has 4 aromatic rings. The van der Waals surface area contributed by atoms with Crippen LogP contribution in [0.1, 0.15) is 24.0 Å². The van der Waals surface area contributed by atoms with Crippen molar-refractivity contribution in [3.8, 4) is 5.69 Å². The lowest BCUT2D eigenvalue weighted by atomic mass is 10.1. The highest BCUT2D eigenvalue weighted by Crippen LogP contribution is 2.19. The molecule has 1 aromatic heterocycles. The van der Waals surface area contributed by atoms with Crippen molar-refractivity contribution in [1.29, 1.82) is 0 Å². The van der Waals surface area contributed by atoms with Crippen molar-refractivity contribution in [2.24, 2.45) is 0 Å². The zero-order chi connectivity index (χ0) is 22.9. The molecule has 0 bridgehead atoms. The van der Waals surface area contributed by atoms with Crippen LogP contribution in [0.25, 0.3) is 16.6 Å². The number of amides is 1. The largest absolute Gasteiger partial charge is 0.353 e. The molecule has 1 N–H and O–H groups in total. The maximum atomic E-state index is 13.5. The van der Waals surface area contributed by atoms with Crippen LogP contribution in [0.15, 0.2) is 82.4 Å². The van der Waals surface area contributed by atoms with Crippen molar-refractivity contribution in [1.82, 2.24) is 14.5 Å². The molecule has 3 aromatic carbocycles. The zero-order valence-electron chi connectivity index (χ0n) is 17.8. The molecule has 1 aliphatic rings. The first-order chi connectivity index (χ1) is 16.0. The number of nitrogens with one attached hydrogen (secondary N) is 1. The number of fused-ring (bicyclic) bond motifs is 1. The highest BCUT2D eigenvalue weighted by Gasteiger charge is 2.23. The van der Waals surface area contributed by atoms with Gasteiger partial charge in [-0.3, -0.25) is 14.2 Å². The number of halogens is 1. The minimum absolute atomic E-state index is 0.0326. The van der Waals surface area contributed by atoms with Gasteiger partial charge in [0, 0.05) is 6.04 Å². The van der Waals surface area contributed by atoms with E-state index in [9.17, 15) is 18.8 Å². The maximum absolute atomic E-state index is 13.5. The number of benzene rings is 3. The lowest BCUT2D eigenvalue weighted by Gasteiger charge is -2.14. The SMILES string of the molecule is O=C(Cc1ccc(-n2c(=O)c3ccccc3n(Cc3ccc(F)cc3)c2=O)cc1)NC1CC1. The highest BCUT2D eigenvalue weighted by molar-refractivity contribution is 5.79. The summed E-state index contributed by atoms with van der Waals surface area (Å²) in [5, 5.41) is 3.36. The fraction of sp³-hybridized carbons (Fsp3) is 0.192. The standard InChI is InChI=1S/C26H22FN3O3/c27-19-9-5-18(6-10-19)16-29-23-4-2-1-3-22(23)25(32)30(26(29)33)21-13-7-17(8-14-21)15-24(31)28-20-11-12-20/h1-10,13-14,20H,11-12,15-16H2,(H,28,31). The molecule has 1 heterocycles. The summed E-state index contributed by atoms with van der Waals surface area (Å²) in [6, 6.07) is 20.0. The third-order valence-corrected chi connectivity index (χ3v) is 5.81. The maximum Gasteiger partial charge on any atom is 0.336 e. The average Bonchev–Trinajstić information content (AvgIpc) is 3.63. The topological polar surface area (TPSA) is 73.1 Å². The van der Waals surface area contributed by atoms with Crippen molar-refractivity contribution in [3.05, 3.63) is 111 Å².